The van der Waals surface area contributed by atoms with Gasteiger partial charge in [-0.1, -0.05) is 23.7 Å². The third-order valence-corrected chi connectivity index (χ3v) is 6.53. The van der Waals surface area contributed by atoms with E-state index in [4.69, 9.17) is 11.6 Å². The highest BCUT2D eigenvalue weighted by molar-refractivity contribution is 6.31. The van der Waals surface area contributed by atoms with Crippen LogP contribution in [-0.2, 0) is 4.79 Å². The van der Waals surface area contributed by atoms with Crippen molar-refractivity contribution in [1.82, 2.24) is 14.9 Å². The van der Waals surface area contributed by atoms with Gasteiger partial charge in [0, 0.05) is 34.5 Å². The van der Waals surface area contributed by atoms with Crippen molar-refractivity contribution in [2.75, 3.05) is 0 Å². The Morgan fingerprint density at radius 3 is 2.77 bits per heavy atom. The summed E-state index contributed by atoms with van der Waals surface area (Å²) in [6, 6.07) is 5.07. The maximum atomic E-state index is 13.5. The van der Waals surface area contributed by atoms with Gasteiger partial charge in [-0.05, 0) is 50.3 Å². The number of nitrogens with zero attached hydrogens (tertiary/aromatic N) is 5. The number of hydrogen-bond acceptors (Lipinski definition) is 6. The van der Waals surface area contributed by atoms with Crippen LogP contribution in [0.2, 0.25) is 0 Å². The predicted octanol–water partition coefficient (Wildman–Crippen LogP) is 3.97. The van der Waals surface area contributed by atoms with Crippen LogP contribution in [0.1, 0.15) is 43.7 Å². The number of halogens is 2. The van der Waals surface area contributed by atoms with Gasteiger partial charge in [-0.25, -0.2) is 9.78 Å². The largest absolute Gasteiger partial charge is 0.477 e. The Morgan fingerprint density at radius 2 is 2.03 bits per heavy atom. The second-order valence-corrected chi connectivity index (χ2v) is 8.49. The third-order valence-electron chi connectivity index (χ3n) is 6.27. The molecule has 1 aromatic heterocycles. The number of fused-ring (bicyclic) bond motifs is 2. The van der Waals surface area contributed by atoms with E-state index < -0.39 is 18.1 Å². The lowest BCUT2D eigenvalue weighted by Gasteiger charge is -2.37. The van der Waals surface area contributed by atoms with Gasteiger partial charge >= 0.3 is 5.97 Å². The molecule has 1 saturated carbocycles. The van der Waals surface area contributed by atoms with E-state index in [9.17, 15) is 14.3 Å². The van der Waals surface area contributed by atoms with Gasteiger partial charge < -0.3 is 5.11 Å². The minimum atomic E-state index is -1.02. The van der Waals surface area contributed by atoms with Gasteiger partial charge in [0.25, 0.3) is 0 Å². The highest BCUT2D eigenvalue weighted by atomic mass is 35.5. The molecular weight excluding hydrogens is 421 g/mol. The summed E-state index contributed by atoms with van der Waals surface area (Å²) < 4.78 is 13.5. The molecule has 160 valence electrons. The zero-order valence-electron chi connectivity index (χ0n) is 16.7. The van der Waals surface area contributed by atoms with E-state index >= 15 is 0 Å². The highest BCUT2D eigenvalue weighted by Crippen LogP contribution is 2.38. The molecule has 3 heterocycles. The number of pyridine rings is 1. The summed E-state index contributed by atoms with van der Waals surface area (Å²) in [5.74, 6) is -1.25. The summed E-state index contributed by atoms with van der Waals surface area (Å²) in [7, 11) is 0. The van der Waals surface area contributed by atoms with Gasteiger partial charge in [0.15, 0.2) is 6.17 Å². The summed E-state index contributed by atoms with van der Waals surface area (Å²) in [4.78, 5) is 22.4. The topological polar surface area (TPSA) is 81.4 Å². The van der Waals surface area contributed by atoms with Gasteiger partial charge in [0.2, 0.25) is 5.95 Å². The summed E-state index contributed by atoms with van der Waals surface area (Å²) in [5, 5.41) is 17.0. The maximum Gasteiger partial charge on any atom is 0.353 e. The molecule has 5 rings (SSSR count). The molecule has 2 aliphatic carbocycles. The fourth-order valence-electron chi connectivity index (χ4n) is 4.76. The summed E-state index contributed by atoms with van der Waals surface area (Å²) >= 11 is 6.12. The zero-order chi connectivity index (χ0) is 21.5. The zero-order valence-corrected chi connectivity index (χ0v) is 17.4. The second-order valence-electron chi connectivity index (χ2n) is 8.06. The average Bonchev–Trinajstić information content (AvgIpc) is 3.09. The number of carboxylic acids is 1. The Hall–Kier alpha value is -3.00. The first kappa shape index (κ1) is 19.9. The number of carboxylic acid groups (broad SMARTS) is 1. The second kappa shape index (κ2) is 7.92. The van der Waals surface area contributed by atoms with Crippen molar-refractivity contribution in [3.05, 3.63) is 64.0 Å². The van der Waals surface area contributed by atoms with Gasteiger partial charge in [0.05, 0.1) is 5.70 Å². The van der Waals surface area contributed by atoms with Crippen LogP contribution in [0.15, 0.2) is 62.4 Å². The van der Waals surface area contributed by atoms with E-state index in [0.717, 1.165) is 31.4 Å². The molecule has 0 radical (unpaired) electrons. The van der Waals surface area contributed by atoms with Crippen LogP contribution >= 0.6 is 11.6 Å². The normalized spacial score (nSPS) is 27.5. The quantitative estimate of drug-likeness (QED) is 0.718. The fraction of sp³-hybridized carbons (Fsp3) is 0.364. The van der Waals surface area contributed by atoms with Crippen molar-refractivity contribution < 1.29 is 14.3 Å². The monoisotopic (exact) mass is 441 g/mol. The SMILES string of the molecule is O=C(O)C1=C2CC=C(Cl)C=C2N=CC2N1C=NN2C1CCC(c2cccc(F)n2)CC1. The summed E-state index contributed by atoms with van der Waals surface area (Å²) in [6.45, 7) is 0. The van der Waals surface area contributed by atoms with Crippen molar-refractivity contribution in [2.45, 2.75) is 50.2 Å². The standard InChI is InChI=1S/C22H21ClFN5O2/c23-14-6-9-16-18(10-14)25-11-20-28(21(16)22(30)31)12-26-29(20)15-7-4-13(5-8-15)17-2-1-3-19(24)27-17/h1-3,6,10-13,15,20H,4-5,7-9H2,(H,30,31). The molecule has 31 heavy (non-hydrogen) atoms. The Balaban J connectivity index is 1.36. The number of aromatic nitrogens is 1. The van der Waals surface area contributed by atoms with E-state index in [2.05, 4.69) is 15.1 Å². The molecular formula is C22H21ClFN5O2. The predicted molar refractivity (Wildman–Crippen MR) is 115 cm³/mol. The number of aliphatic imine (C=N–C) groups is 1. The molecule has 0 bridgehead atoms. The van der Waals surface area contributed by atoms with E-state index in [-0.39, 0.29) is 17.7 Å². The molecule has 2 aliphatic heterocycles. The fourth-order valence-corrected chi connectivity index (χ4v) is 4.94. The van der Waals surface area contributed by atoms with Crippen LogP contribution in [0, 0.1) is 5.95 Å². The first-order valence-corrected chi connectivity index (χ1v) is 10.7. The molecule has 1 fully saturated rings. The van der Waals surface area contributed by atoms with Crippen molar-refractivity contribution in [3.8, 4) is 0 Å². The van der Waals surface area contributed by atoms with E-state index in [1.807, 2.05) is 11.1 Å². The molecule has 9 heteroatoms. The molecule has 0 aromatic carbocycles. The maximum absolute atomic E-state index is 13.5. The van der Waals surface area contributed by atoms with Gasteiger partial charge in [-0.2, -0.15) is 9.49 Å². The molecule has 1 unspecified atom stereocenters. The van der Waals surface area contributed by atoms with Crippen molar-refractivity contribution in [1.29, 1.82) is 0 Å². The van der Waals surface area contributed by atoms with Gasteiger partial charge in [-0.15, -0.1) is 0 Å². The molecule has 0 spiro atoms. The van der Waals surface area contributed by atoms with Crippen molar-refractivity contribution in [2.24, 2.45) is 10.1 Å². The molecule has 7 nitrogen and oxygen atoms in total. The average molecular weight is 442 g/mol. The van der Waals surface area contributed by atoms with Crippen LogP contribution in [0.3, 0.4) is 0 Å². The Labute approximate surface area is 183 Å². The lowest BCUT2D eigenvalue weighted by Crippen LogP contribution is -2.47. The number of aliphatic carboxylic acids is 1. The van der Waals surface area contributed by atoms with Crippen LogP contribution in [0.5, 0.6) is 0 Å². The van der Waals surface area contributed by atoms with Crippen LogP contribution in [0.4, 0.5) is 4.39 Å². The number of hydrazone groups is 1. The lowest BCUT2D eigenvalue weighted by atomic mass is 9.83. The third kappa shape index (κ3) is 3.65. The minimum absolute atomic E-state index is 0.137. The van der Waals surface area contributed by atoms with Crippen molar-refractivity contribution >= 4 is 30.1 Å². The van der Waals surface area contributed by atoms with Crippen LogP contribution in [-0.4, -0.2) is 50.7 Å². The van der Waals surface area contributed by atoms with E-state index in [1.54, 1.807) is 35.7 Å². The van der Waals surface area contributed by atoms with Crippen LogP contribution < -0.4 is 0 Å². The Bertz CT molecular complexity index is 1070. The molecule has 1 aromatic rings. The minimum Gasteiger partial charge on any atom is -0.477 e. The first-order valence-electron chi connectivity index (χ1n) is 10.3. The number of allylic oxidation sites excluding steroid dienone is 4. The molecule has 1 N–H and O–H groups in total. The Kier molecular flexibility index (Phi) is 5.09. The molecule has 0 amide bonds. The molecule has 4 aliphatic rings. The number of hydrogen-bond donors (Lipinski definition) is 1. The van der Waals surface area contributed by atoms with Gasteiger partial charge in [0.1, 0.15) is 12.0 Å². The Morgan fingerprint density at radius 1 is 1.23 bits per heavy atom. The van der Waals surface area contributed by atoms with Crippen LogP contribution in [0.25, 0.3) is 0 Å². The smallest absolute Gasteiger partial charge is 0.353 e. The summed E-state index contributed by atoms with van der Waals surface area (Å²) in [6.07, 6.45) is 10.3. The lowest BCUT2D eigenvalue weighted by molar-refractivity contribution is -0.134. The number of rotatable bonds is 3. The van der Waals surface area contributed by atoms with Gasteiger partial charge in [-0.3, -0.25) is 14.9 Å². The summed E-state index contributed by atoms with van der Waals surface area (Å²) in [5.41, 5.74) is 2.18. The molecule has 1 atom stereocenters. The first-order chi connectivity index (χ1) is 15.0. The van der Waals surface area contributed by atoms with E-state index in [1.165, 1.54) is 6.07 Å². The van der Waals surface area contributed by atoms with E-state index in [0.29, 0.717) is 22.7 Å². The van der Waals surface area contributed by atoms with Crippen molar-refractivity contribution in [3.63, 3.8) is 0 Å². The highest BCUT2D eigenvalue weighted by Gasteiger charge is 2.40. The molecule has 0 saturated heterocycles. The number of carbonyl (C=O) groups is 1.